The minimum absolute atomic E-state index is 0.0571. The quantitative estimate of drug-likeness (QED) is 0.448. The number of hydrogen-bond donors (Lipinski definition) is 3. The molecule has 9 heteroatoms. The van der Waals surface area contributed by atoms with E-state index in [2.05, 4.69) is 15.6 Å². The van der Waals surface area contributed by atoms with E-state index in [0.717, 1.165) is 6.07 Å². The average molecular weight is 414 g/mol. The standard InChI is InChI=1S/C21H21F3N6/c22-21(23,24)17-11-14(5-6-15(17)13-7-9-27-10-8-13)30-12-19(28-29-30)20(26)16-3-1-2-4-18(16)25/h1-6,11-13,26-27H,7-10,25H2. The summed E-state index contributed by atoms with van der Waals surface area (Å²) < 4.78 is 42.6. The third-order valence-corrected chi connectivity index (χ3v) is 5.37. The highest BCUT2D eigenvalue weighted by Crippen LogP contribution is 2.39. The SMILES string of the molecule is N=C(c1cn(-c2ccc(C3CCNCC3)c(C(F)(F)F)c2)nn1)c1ccccc1N. The van der Waals surface area contributed by atoms with Crippen LogP contribution in [-0.4, -0.2) is 33.8 Å². The van der Waals surface area contributed by atoms with Gasteiger partial charge in [0.05, 0.1) is 23.2 Å². The predicted octanol–water partition coefficient (Wildman–Crippen LogP) is 3.75. The van der Waals surface area contributed by atoms with Crippen LogP contribution in [0.25, 0.3) is 5.69 Å². The van der Waals surface area contributed by atoms with E-state index in [1.807, 2.05) is 0 Å². The first-order chi connectivity index (χ1) is 14.3. The van der Waals surface area contributed by atoms with Crippen molar-refractivity contribution in [3.05, 3.63) is 71.0 Å². The molecule has 0 spiro atoms. The zero-order chi connectivity index (χ0) is 21.3. The lowest BCUT2D eigenvalue weighted by molar-refractivity contribution is -0.138. The molecule has 156 valence electrons. The minimum Gasteiger partial charge on any atom is -0.398 e. The van der Waals surface area contributed by atoms with Gasteiger partial charge in [0, 0.05) is 11.3 Å². The van der Waals surface area contributed by atoms with E-state index >= 15 is 0 Å². The first kappa shape index (κ1) is 20.1. The first-order valence-corrected chi connectivity index (χ1v) is 9.63. The van der Waals surface area contributed by atoms with Gasteiger partial charge in [0.2, 0.25) is 0 Å². The number of anilines is 1. The van der Waals surface area contributed by atoms with Crippen molar-refractivity contribution < 1.29 is 13.2 Å². The van der Waals surface area contributed by atoms with Crippen molar-refractivity contribution in [2.45, 2.75) is 24.9 Å². The number of aromatic nitrogens is 3. The second kappa shape index (κ2) is 7.91. The number of rotatable bonds is 4. The van der Waals surface area contributed by atoms with Gasteiger partial charge in [-0.05, 0) is 55.6 Å². The van der Waals surface area contributed by atoms with E-state index in [0.29, 0.717) is 42.7 Å². The molecule has 2 aromatic carbocycles. The maximum absolute atomic E-state index is 13.8. The van der Waals surface area contributed by atoms with E-state index < -0.39 is 11.7 Å². The monoisotopic (exact) mass is 414 g/mol. The number of piperidine rings is 1. The van der Waals surface area contributed by atoms with Crippen LogP contribution in [0.4, 0.5) is 18.9 Å². The molecule has 1 aliphatic rings. The number of nitrogens with one attached hydrogen (secondary N) is 2. The molecule has 0 aliphatic carbocycles. The molecule has 4 N–H and O–H groups in total. The maximum atomic E-state index is 13.8. The Morgan fingerprint density at radius 1 is 1.13 bits per heavy atom. The molecule has 0 radical (unpaired) electrons. The Labute approximate surface area is 171 Å². The molecule has 0 amide bonds. The van der Waals surface area contributed by atoms with Crippen molar-refractivity contribution in [3.8, 4) is 5.69 Å². The highest BCUT2D eigenvalue weighted by atomic mass is 19.4. The van der Waals surface area contributed by atoms with Gasteiger partial charge in [0.25, 0.3) is 0 Å². The molecular weight excluding hydrogens is 393 g/mol. The summed E-state index contributed by atoms with van der Waals surface area (Å²) in [4.78, 5) is 0. The predicted molar refractivity (Wildman–Crippen MR) is 108 cm³/mol. The Balaban J connectivity index is 1.68. The van der Waals surface area contributed by atoms with Crippen molar-refractivity contribution in [1.82, 2.24) is 20.3 Å². The Morgan fingerprint density at radius 3 is 2.57 bits per heavy atom. The summed E-state index contributed by atoms with van der Waals surface area (Å²) >= 11 is 0. The van der Waals surface area contributed by atoms with Crippen molar-refractivity contribution in [2.75, 3.05) is 18.8 Å². The van der Waals surface area contributed by atoms with Gasteiger partial charge in [-0.2, -0.15) is 13.2 Å². The van der Waals surface area contributed by atoms with Crippen molar-refractivity contribution in [3.63, 3.8) is 0 Å². The van der Waals surface area contributed by atoms with E-state index in [9.17, 15) is 13.2 Å². The molecule has 6 nitrogen and oxygen atoms in total. The van der Waals surface area contributed by atoms with Gasteiger partial charge in [0.15, 0.2) is 0 Å². The van der Waals surface area contributed by atoms with E-state index in [4.69, 9.17) is 11.1 Å². The van der Waals surface area contributed by atoms with Crippen LogP contribution in [0.5, 0.6) is 0 Å². The normalized spacial score (nSPS) is 15.3. The van der Waals surface area contributed by atoms with Gasteiger partial charge < -0.3 is 11.1 Å². The maximum Gasteiger partial charge on any atom is 0.416 e. The molecule has 1 saturated heterocycles. The zero-order valence-corrected chi connectivity index (χ0v) is 16.1. The second-order valence-electron chi connectivity index (χ2n) is 7.30. The summed E-state index contributed by atoms with van der Waals surface area (Å²) in [5.41, 5.74) is 7.01. The fourth-order valence-corrected chi connectivity index (χ4v) is 3.79. The summed E-state index contributed by atoms with van der Waals surface area (Å²) in [6.07, 6.45) is -1.68. The highest BCUT2D eigenvalue weighted by molar-refractivity contribution is 6.12. The van der Waals surface area contributed by atoms with Gasteiger partial charge in [-0.3, -0.25) is 5.41 Å². The molecule has 1 fully saturated rings. The molecule has 0 saturated carbocycles. The third kappa shape index (κ3) is 3.93. The molecule has 2 heterocycles. The summed E-state index contributed by atoms with van der Waals surface area (Å²) in [5.74, 6) is -0.127. The number of para-hydroxylation sites is 1. The van der Waals surface area contributed by atoms with Crippen LogP contribution in [0.3, 0.4) is 0 Å². The van der Waals surface area contributed by atoms with Crippen LogP contribution in [0.1, 0.15) is 41.1 Å². The van der Waals surface area contributed by atoms with Crippen LogP contribution in [0.2, 0.25) is 0 Å². The number of nitrogens with zero attached hydrogens (tertiary/aromatic N) is 3. The fraction of sp³-hybridized carbons (Fsp3) is 0.286. The Bertz CT molecular complexity index is 1070. The van der Waals surface area contributed by atoms with E-state index in [1.54, 1.807) is 30.3 Å². The van der Waals surface area contributed by atoms with Crippen molar-refractivity contribution >= 4 is 11.4 Å². The second-order valence-corrected chi connectivity index (χ2v) is 7.30. The third-order valence-electron chi connectivity index (χ3n) is 5.37. The van der Waals surface area contributed by atoms with Gasteiger partial charge >= 0.3 is 6.18 Å². The molecule has 0 bridgehead atoms. The Kier molecular flexibility index (Phi) is 5.29. The fourth-order valence-electron chi connectivity index (χ4n) is 3.79. The number of alkyl halides is 3. The lowest BCUT2D eigenvalue weighted by atomic mass is 9.86. The number of nitrogens with two attached hydrogens (primary N) is 1. The topological polar surface area (TPSA) is 92.6 Å². The summed E-state index contributed by atoms with van der Waals surface area (Å²) in [7, 11) is 0. The van der Waals surface area contributed by atoms with E-state index in [-0.39, 0.29) is 23.0 Å². The number of nitrogen functional groups attached to an aromatic ring is 1. The molecule has 3 aromatic rings. The van der Waals surface area contributed by atoms with E-state index in [1.165, 1.54) is 16.9 Å². The highest BCUT2D eigenvalue weighted by Gasteiger charge is 2.36. The van der Waals surface area contributed by atoms with Crippen molar-refractivity contribution in [1.29, 1.82) is 5.41 Å². The molecule has 1 aromatic heterocycles. The molecule has 0 atom stereocenters. The summed E-state index contributed by atoms with van der Waals surface area (Å²) in [6, 6.07) is 11.1. The Hall–Kier alpha value is -3.20. The lowest BCUT2D eigenvalue weighted by Gasteiger charge is -2.26. The van der Waals surface area contributed by atoms with Gasteiger partial charge in [-0.15, -0.1) is 5.10 Å². The number of halogens is 3. The van der Waals surface area contributed by atoms with Crippen LogP contribution < -0.4 is 11.1 Å². The van der Waals surface area contributed by atoms with Gasteiger partial charge in [-0.25, -0.2) is 4.68 Å². The van der Waals surface area contributed by atoms with Crippen LogP contribution in [0, 0.1) is 5.41 Å². The molecule has 1 aliphatic heterocycles. The minimum atomic E-state index is -4.47. The van der Waals surface area contributed by atoms with Crippen LogP contribution >= 0.6 is 0 Å². The molecular formula is C21H21F3N6. The average Bonchev–Trinajstić information content (AvgIpc) is 3.23. The largest absolute Gasteiger partial charge is 0.416 e. The number of benzene rings is 2. The smallest absolute Gasteiger partial charge is 0.398 e. The Morgan fingerprint density at radius 2 is 1.87 bits per heavy atom. The number of hydrogen-bond acceptors (Lipinski definition) is 5. The van der Waals surface area contributed by atoms with Gasteiger partial charge in [0.1, 0.15) is 5.69 Å². The zero-order valence-electron chi connectivity index (χ0n) is 16.1. The lowest BCUT2D eigenvalue weighted by Crippen LogP contribution is -2.28. The van der Waals surface area contributed by atoms with Crippen LogP contribution in [-0.2, 0) is 6.18 Å². The van der Waals surface area contributed by atoms with Crippen molar-refractivity contribution in [2.24, 2.45) is 0 Å². The summed E-state index contributed by atoms with van der Waals surface area (Å²) in [5, 5.41) is 19.4. The molecule has 30 heavy (non-hydrogen) atoms. The molecule has 4 rings (SSSR count). The first-order valence-electron chi connectivity index (χ1n) is 9.63. The summed E-state index contributed by atoms with van der Waals surface area (Å²) in [6.45, 7) is 1.42. The molecule has 0 unspecified atom stereocenters. The van der Waals surface area contributed by atoms with Gasteiger partial charge in [-0.1, -0.05) is 29.5 Å². The van der Waals surface area contributed by atoms with Crippen LogP contribution in [0.15, 0.2) is 48.7 Å².